The van der Waals surface area contributed by atoms with Gasteiger partial charge in [0.25, 0.3) is 0 Å². The van der Waals surface area contributed by atoms with Crippen molar-refractivity contribution in [2.75, 3.05) is 13.2 Å². The number of hydrogen-bond acceptors (Lipinski definition) is 3. The summed E-state index contributed by atoms with van der Waals surface area (Å²) in [6, 6.07) is 0. The van der Waals surface area contributed by atoms with Crippen LogP contribution in [0.5, 0.6) is 0 Å². The molecular formula is C11H14F3NO4. The highest BCUT2D eigenvalue weighted by atomic mass is 19.4. The van der Waals surface area contributed by atoms with Crippen LogP contribution in [0.15, 0.2) is 0 Å². The largest absolute Gasteiger partial charge is 0.481 e. The van der Waals surface area contributed by atoms with Gasteiger partial charge in [-0.05, 0) is 25.7 Å². The Bertz CT molecular complexity index is 411. The Morgan fingerprint density at radius 1 is 1.32 bits per heavy atom. The molecule has 2 aliphatic rings. The maximum atomic E-state index is 12.1. The normalized spacial score (nSPS) is 34.1. The number of hydrogen-bond donors (Lipinski definition) is 2. The van der Waals surface area contributed by atoms with E-state index in [-0.39, 0.29) is 19.6 Å². The van der Waals surface area contributed by atoms with Gasteiger partial charge in [0.2, 0.25) is 0 Å². The molecular weight excluding hydrogens is 267 g/mol. The fourth-order valence-electron chi connectivity index (χ4n) is 2.87. The van der Waals surface area contributed by atoms with Gasteiger partial charge >= 0.3 is 18.1 Å². The zero-order valence-electron chi connectivity index (χ0n) is 10.0. The van der Waals surface area contributed by atoms with E-state index in [4.69, 9.17) is 4.74 Å². The van der Waals surface area contributed by atoms with Crippen LogP contribution in [0.4, 0.5) is 13.2 Å². The zero-order valence-corrected chi connectivity index (χ0v) is 10.0. The lowest BCUT2D eigenvalue weighted by Gasteiger charge is -2.34. The summed E-state index contributed by atoms with van der Waals surface area (Å²) in [5.74, 6) is -3.01. The number of rotatable bonds is 3. The number of aliphatic carboxylic acids is 1. The van der Waals surface area contributed by atoms with Crippen LogP contribution in [-0.2, 0) is 14.3 Å². The van der Waals surface area contributed by atoms with Crippen molar-refractivity contribution in [3.8, 4) is 0 Å². The molecule has 0 aromatic heterocycles. The summed E-state index contributed by atoms with van der Waals surface area (Å²) in [6.07, 6.45) is -3.31. The van der Waals surface area contributed by atoms with Gasteiger partial charge in [0.05, 0.1) is 17.6 Å². The third kappa shape index (κ3) is 2.54. The van der Waals surface area contributed by atoms with Gasteiger partial charge < -0.3 is 15.2 Å². The molecule has 1 aliphatic carbocycles. The van der Waals surface area contributed by atoms with Crippen molar-refractivity contribution in [3.63, 3.8) is 0 Å². The number of ether oxygens (including phenoxy) is 1. The lowest BCUT2D eigenvalue weighted by molar-refractivity contribution is -0.174. The van der Waals surface area contributed by atoms with Crippen LogP contribution in [0.2, 0.25) is 0 Å². The first-order valence-electron chi connectivity index (χ1n) is 5.92. The molecule has 19 heavy (non-hydrogen) atoms. The van der Waals surface area contributed by atoms with Crippen LogP contribution in [-0.4, -0.2) is 41.9 Å². The lowest BCUT2D eigenvalue weighted by Crippen LogP contribution is -2.49. The van der Waals surface area contributed by atoms with Gasteiger partial charge in [0.1, 0.15) is 0 Å². The first-order chi connectivity index (χ1) is 8.69. The van der Waals surface area contributed by atoms with E-state index in [0.717, 1.165) is 0 Å². The van der Waals surface area contributed by atoms with E-state index in [2.05, 4.69) is 0 Å². The van der Waals surface area contributed by atoms with Crippen LogP contribution in [0.25, 0.3) is 0 Å². The minimum absolute atomic E-state index is 0.00970. The van der Waals surface area contributed by atoms with Crippen molar-refractivity contribution in [2.24, 2.45) is 5.41 Å². The standard InChI is InChI=1S/C11H14F3NO4/c12-11(13,14)7(16)15-5-10-3-1-2-9(4-10,6-19-10)8(17)18/h1-6H2,(H,15,16)(H,17,18). The van der Waals surface area contributed by atoms with E-state index < -0.39 is 29.1 Å². The molecule has 1 saturated carbocycles. The fourth-order valence-corrected chi connectivity index (χ4v) is 2.87. The lowest BCUT2D eigenvalue weighted by atomic mass is 9.70. The van der Waals surface area contributed by atoms with E-state index in [1.807, 2.05) is 0 Å². The summed E-state index contributed by atoms with van der Waals surface area (Å²) >= 11 is 0. The summed E-state index contributed by atoms with van der Waals surface area (Å²) < 4.78 is 41.7. The van der Waals surface area contributed by atoms with Gasteiger partial charge in [-0.25, -0.2) is 0 Å². The third-order valence-electron chi connectivity index (χ3n) is 3.89. The molecule has 1 saturated heterocycles. The molecule has 0 aromatic carbocycles. The molecule has 0 radical (unpaired) electrons. The van der Waals surface area contributed by atoms with Gasteiger partial charge in [0, 0.05) is 6.54 Å². The van der Waals surface area contributed by atoms with Crippen LogP contribution >= 0.6 is 0 Å². The van der Waals surface area contributed by atoms with Gasteiger partial charge in [-0.3, -0.25) is 9.59 Å². The van der Waals surface area contributed by atoms with Crippen molar-refractivity contribution in [1.29, 1.82) is 0 Å². The van der Waals surface area contributed by atoms with E-state index in [1.165, 1.54) is 0 Å². The Kier molecular flexibility index (Phi) is 3.24. The van der Waals surface area contributed by atoms with Crippen LogP contribution in [0.3, 0.4) is 0 Å². The summed E-state index contributed by atoms with van der Waals surface area (Å²) in [5, 5.41) is 11.0. The Morgan fingerprint density at radius 3 is 2.58 bits per heavy atom. The second kappa shape index (κ2) is 4.36. The highest BCUT2D eigenvalue weighted by molar-refractivity contribution is 5.81. The summed E-state index contributed by atoms with van der Waals surface area (Å²) in [7, 11) is 0. The maximum Gasteiger partial charge on any atom is 0.471 e. The van der Waals surface area contributed by atoms with E-state index >= 15 is 0 Å². The van der Waals surface area contributed by atoms with Crippen molar-refractivity contribution >= 4 is 11.9 Å². The Hall–Kier alpha value is -1.31. The van der Waals surface area contributed by atoms with E-state index in [0.29, 0.717) is 19.3 Å². The van der Waals surface area contributed by atoms with Crippen molar-refractivity contribution in [1.82, 2.24) is 5.32 Å². The number of carbonyl (C=O) groups excluding carboxylic acids is 1. The molecule has 0 aromatic rings. The number of carboxylic acid groups (broad SMARTS) is 1. The topological polar surface area (TPSA) is 75.6 Å². The number of alkyl halides is 3. The molecule has 8 heteroatoms. The molecule has 0 spiro atoms. The van der Waals surface area contributed by atoms with Gasteiger partial charge in [-0.2, -0.15) is 13.2 Å². The highest BCUT2D eigenvalue weighted by Crippen LogP contribution is 2.50. The van der Waals surface area contributed by atoms with E-state index in [1.54, 1.807) is 5.32 Å². The number of amides is 1. The van der Waals surface area contributed by atoms with Crippen molar-refractivity contribution in [2.45, 2.75) is 37.5 Å². The Morgan fingerprint density at radius 2 is 2.00 bits per heavy atom. The monoisotopic (exact) mass is 281 g/mol. The summed E-state index contributed by atoms with van der Waals surface area (Å²) in [6.45, 7) is -0.315. The molecule has 5 nitrogen and oxygen atoms in total. The fraction of sp³-hybridized carbons (Fsp3) is 0.818. The van der Waals surface area contributed by atoms with Gasteiger partial charge in [-0.15, -0.1) is 0 Å². The van der Waals surface area contributed by atoms with Gasteiger partial charge in [-0.1, -0.05) is 0 Å². The molecule has 1 heterocycles. The van der Waals surface area contributed by atoms with Crippen LogP contribution in [0.1, 0.15) is 25.7 Å². The molecule has 1 amide bonds. The number of carboxylic acids is 1. The number of halogens is 3. The van der Waals surface area contributed by atoms with E-state index in [9.17, 15) is 27.9 Å². The number of fused-ring (bicyclic) bond motifs is 2. The molecule has 2 bridgehead atoms. The predicted octanol–water partition coefficient (Wildman–Crippen LogP) is 1.08. The molecule has 2 atom stereocenters. The summed E-state index contributed by atoms with van der Waals surface area (Å²) in [5.41, 5.74) is -1.99. The highest BCUT2D eigenvalue weighted by Gasteiger charge is 2.56. The number of carbonyl (C=O) groups is 2. The SMILES string of the molecule is O=C(NCC12CCCC(C(=O)O)(CO1)C2)C(F)(F)F. The third-order valence-corrected chi connectivity index (χ3v) is 3.89. The van der Waals surface area contributed by atoms with Crippen molar-refractivity contribution < 1.29 is 32.6 Å². The smallest absolute Gasteiger partial charge is 0.471 e. The predicted molar refractivity (Wildman–Crippen MR) is 56.3 cm³/mol. The Balaban J connectivity index is 2.02. The Labute approximate surface area is 107 Å². The molecule has 2 N–H and O–H groups in total. The molecule has 2 unspecified atom stereocenters. The number of nitrogens with one attached hydrogen (secondary N) is 1. The van der Waals surface area contributed by atoms with Crippen LogP contribution < -0.4 is 5.32 Å². The maximum absolute atomic E-state index is 12.1. The first kappa shape index (κ1) is 14.1. The first-order valence-corrected chi connectivity index (χ1v) is 5.92. The second-order valence-corrected chi connectivity index (χ2v) is 5.27. The molecule has 2 rings (SSSR count). The average Bonchev–Trinajstić information content (AvgIpc) is 2.59. The minimum Gasteiger partial charge on any atom is -0.481 e. The second-order valence-electron chi connectivity index (χ2n) is 5.27. The summed E-state index contributed by atoms with van der Waals surface area (Å²) in [4.78, 5) is 22.0. The quantitative estimate of drug-likeness (QED) is 0.811. The zero-order chi connectivity index (χ0) is 14.3. The molecule has 108 valence electrons. The van der Waals surface area contributed by atoms with Crippen molar-refractivity contribution in [3.05, 3.63) is 0 Å². The molecule has 2 fully saturated rings. The molecule has 1 aliphatic heterocycles. The average molecular weight is 281 g/mol. The van der Waals surface area contributed by atoms with Gasteiger partial charge in [0.15, 0.2) is 0 Å². The van der Waals surface area contributed by atoms with Crippen LogP contribution in [0, 0.1) is 5.41 Å². The minimum atomic E-state index is -4.94.